The van der Waals surface area contributed by atoms with Gasteiger partial charge in [-0.15, -0.1) is 0 Å². The van der Waals surface area contributed by atoms with Crippen molar-refractivity contribution >= 4 is 35.5 Å². The fourth-order valence-corrected chi connectivity index (χ4v) is 11.1. The molecular formula is C62H81N5O14. The molecule has 2 fully saturated rings. The number of amides is 5. The summed E-state index contributed by atoms with van der Waals surface area (Å²) in [6.45, 7) is 7.35. The Morgan fingerprint density at radius 1 is 0.778 bits per heavy atom. The molecule has 19 heteroatoms. The zero-order valence-electron chi connectivity index (χ0n) is 47.9. The van der Waals surface area contributed by atoms with Gasteiger partial charge in [0.05, 0.1) is 60.2 Å². The number of esters is 1. The number of allylic oxidation sites excluding steroid dienone is 2. The fourth-order valence-electron chi connectivity index (χ4n) is 11.1. The molecule has 0 spiro atoms. The van der Waals surface area contributed by atoms with Crippen molar-refractivity contribution in [1.29, 1.82) is 0 Å². The minimum absolute atomic E-state index is 0.103. The average Bonchev–Trinajstić information content (AvgIpc) is 3.90. The number of carbonyl (C=O) groups is 6. The normalized spacial score (nSPS) is 18.4. The molecule has 1 aliphatic carbocycles. The molecule has 0 radical (unpaired) electrons. The van der Waals surface area contributed by atoms with E-state index in [-0.39, 0.29) is 48.8 Å². The molecule has 19 nitrogen and oxygen atoms in total. The molecule has 0 aromatic heterocycles. The predicted octanol–water partition coefficient (Wildman–Crippen LogP) is 7.82. The molecule has 2 saturated heterocycles. The number of benzene rings is 3. The standard InChI is InChI=1S/C62H81N5O14/c1-8-45(43-35-54(76-5)59(78-7)55(36-43)77-6)60(71)66-32-16-13-22-49(66)62(73)81-50(27-24-41-25-28-52(74-3)53(33-41)75-4)42-19-17-20-44(34-42)79-38-57(69)63-30-14-11-9-10-12-15-31-64-58(70)39-80-51-23-18-21-46-47(51)37-67(61(46)72)48-26-29-56(68)65-40(48)2/h17-21,23,25,28,33,35-36,44-45,48-50H,2,8-16,22,24,26-27,29-32,34,37-39H2,1,3-7H3,(H,63,69)(H,64,70)(H,65,68)/t44?,45-,48?,49-,50+/m0/s1. The van der Waals surface area contributed by atoms with Crippen LogP contribution < -0.4 is 44.4 Å². The summed E-state index contributed by atoms with van der Waals surface area (Å²) in [4.78, 5) is 83.1. The summed E-state index contributed by atoms with van der Waals surface area (Å²) >= 11 is 0. The van der Waals surface area contributed by atoms with Gasteiger partial charge >= 0.3 is 5.97 Å². The number of fused-ring (bicyclic) bond motifs is 1. The van der Waals surface area contributed by atoms with Crippen LogP contribution in [0.5, 0.6) is 34.5 Å². The quantitative estimate of drug-likeness (QED) is 0.0428. The van der Waals surface area contributed by atoms with E-state index in [2.05, 4.69) is 22.5 Å². The summed E-state index contributed by atoms with van der Waals surface area (Å²) in [6.07, 6.45) is 14.8. The summed E-state index contributed by atoms with van der Waals surface area (Å²) < 4.78 is 46.3. The highest BCUT2D eigenvalue weighted by Gasteiger charge is 2.40. The Hall–Kier alpha value is -7.54. The van der Waals surface area contributed by atoms with Crippen LogP contribution in [0, 0.1) is 0 Å². The minimum Gasteiger partial charge on any atom is -0.493 e. The molecule has 438 valence electrons. The van der Waals surface area contributed by atoms with E-state index in [9.17, 15) is 28.8 Å². The van der Waals surface area contributed by atoms with Crippen molar-refractivity contribution in [2.24, 2.45) is 0 Å². The van der Waals surface area contributed by atoms with Gasteiger partial charge in [0.1, 0.15) is 24.5 Å². The number of methoxy groups -OCH3 is 5. The zero-order chi connectivity index (χ0) is 57.8. The molecule has 2 unspecified atom stereocenters. The molecule has 0 bridgehead atoms. The van der Waals surface area contributed by atoms with Crippen LogP contribution >= 0.6 is 0 Å². The van der Waals surface area contributed by atoms with Crippen LogP contribution in [0.4, 0.5) is 0 Å². The number of piperidine rings is 2. The number of nitrogens with zero attached hydrogens (tertiary/aromatic N) is 2. The lowest BCUT2D eigenvalue weighted by Crippen LogP contribution is -2.51. The molecule has 4 aliphatic rings. The molecule has 7 rings (SSSR count). The Morgan fingerprint density at radius 3 is 2.14 bits per heavy atom. The van der Waals surface area contributed by atoms with Crippen molar-refractivity contribution in [3.05, 3.63) is 107 Å². The third-order valence-corrected chi connectivity index (χ3v) is 15.5. The predicted molar refractivity (Wildman–Crippen MR) is 304 cm³/mol. The number of rotatable bonds is 30. The first-order valence-electron chi connectivity index (χ1n) is 28.4. The number of aryl methyl sites for hydroxylation is 1. The monoisotopic (exact) mass is 1120 g/mol. The molecule has 5 atom stereocenters. The van der Waals surface area contributed by atoms with Gasteiger partial charge in [-0.1, -0.05) is 69.5 Å². The van der Waals surface area contributed by atoms with Crippen LogP contribution in [0.25, 0.3) is 0 Å². The van der Waals surface area contributed by atoms with Crippen molar-refractivity contribution < 1.29 is 66.7 Å². The number of nitrogens with one attached hydrogen (secondary N) is 3. The first kappa shape index (κ1) is 61.1. The van der Waals surface area contributed by atoms with Crippen LogP contribution in [-0.2, 0) is 46.4 Å². The van der Waals surface area contributed by atoms with E-state index in [4.69, 9.17) is 37.9 Å². The highest BCUT2D eigenvalue weighted by molar-refractivity contribution is 6.00. The second-order valence-electron chi connectivity index (χ2n) is 20.7. The third-order valence-electron chi connectivity index (χ3n) is 15.5. The van der Waals surface area contributed by atoms with E-state index < -0.39 is 30.1 Å². The number of carbonyl (C=O) groups excluding carboxylic acids is 6. The lowest BCUT2D eigenvalue weighted by atomic mass is 9.91. The first-order chi connectivity index (χ1) is 39.3. The van der Waals surface area contributed by atoms with Gasteiger partial charge in [0.15, 0.2) is 29.6 Å². The molecule has 3 aliphatic heterocycles. The first-order valence-corrected chi connectivity index (χ1v) is 28.4. The maximum Gasteiger partial charge on any atom is 0.329 e. The smallest absolute Gasteiger partial charge is 0.329 e. The van der Waals surface area contributed by atoms with E-state index >= 15 is 0 Å². The second-order valence-corrected chi connectivity index (χ2v) is 20.7. The number of likely N-dealkylation sites (tertiary alicyclic amines) is 1. The molecule has 3 heterocycles. The van der Waals surface area contributed by atoms with Gasteiger partial charge in [0.2, 0.25) is 23.5 Å². The van der Waals surface area contributed by atoms with Crippen molar-refractivity contribution in [2.45, 2.75) is 140 Å². The van der Waals surface area contributed by atoms with Crippen LogP contribution in [0.1, 0.15) is 130 Å². The lowest BCUT2D eigenvalue weighted by molar-refractivity contribution is -0.161. The average molecular weight is 1120 g/mol. The summed E-state index contributed by atoms with van der Waals surface area (Å²) in [5.74, 6) is 1.05. The van der Waals surface area contributed by atoms with Gasteiger partial charge in [-0.2, -0.15) is 0 Å². The minimum atomic E-state index is -0.789. The van der Waals surface area contributed by atoms with Gasteiger partial charge in [-0.3, -0.25) is 24.0 Å². The fraction of sp³-hybridized carbons (Fsp3) is 0.516. The molecule has 5 amide bonds. The second kappa shape index (κ2) is 30.3. The highest BCUT2D eigenvalue weighted by atomic mass is 16.5. The Balaban J connectivity index is 0.831. The molecule has 3 aromatic rings. The van der Waals surface area contributed by atoms with E-state index in [1.165, 1.54) is 21.3 Å². The lowest BCUT2D eigenvalue weighted by Gasteiger charge is -2.37. The van der Waals surface area contributed by atoms with E-state index in [0.717, 1.165) is 68.1 Å². The van der Waals surface area contributed by atoms with Crippen molar-refractivity contribution in [3.8, 4) is 34.5 Å². The highest BCUT2D eigenvalue weighted by Crippen LogP contribution is 2.42. The third kappa shape index (κ3) is 16.1. The number of ether oxygens (including phenoxy) is 8. The van der Waals surface area contributed by atoms with E-state index in [0.29, 0.717) is 122 Å². The van der Waals surface area contributed by atoms with Gasteiger partial charge in [0, 0.05) is 49.3 Å². The van der Waals surface area contributed by atoms with Crippen molar-refractivity contribution in [3.63, 3.8) is 0 Å². The maximum absolute atomic E-state index is 14.6. The summed E-state index contributed by atoms with van der Waals surface area (Å²) in [5, 5.41) is 8.64. The zero-order valence-corrected chi connectivity index (χ0v) is 47.9. The van der Waals surface area contributed by atoms with E-state index in [1.54, 1.807) is 54.4 Å². The Labute approximate surface area is 476 Å². The van der Waals surface area contributed by atoms with Gasteiger partial charge in [-0.05, 0) is 111 Å². The number of hydrogen-bond donors (Lipinski definition) is 3. The van der Waals surface area contributed by atoms with E-state index in [1.807, 2.05) is 43.4 Å². The summed E-state index contributed by atoms with van der Waals surface area (Å²) in [7, 11) is 7.77. The SMILES string of the molecule is C=C1NC(=O)CCC1N1Cc2c(OCC(=O)NCCCCCCCCNC(=O)COC3C=CC=C([C@@H](CCc4ccc(OC)c(OC)c4)OC(=O)[C@@H]4CCCCN4C(=O)[C@@H](CC)c4cc(OC)c(OC)c(OC)c4)C3)cccc2C1=O. The molecule has 81 heavy (non-hydrogen) atoms. The maximum atomic E-state index is 14.6. The summed E-state index contributed by atoms with van der Waals surface area (Å²) in [5.41, 5.74) is 4.25. The number of hydrogen-bond acceptors (Lipinski definition) is 14. The molecule has 3 aromatic carbocycles. The van der Waals surface area contributed by atoms with Gasteiger partial charge in [-0.25, -0.2) is 4.79 Å². The Bertz CT molecular complexity index is 2750. The van der Waals surface area contributed by atoms with Crippen molar-refractivity contribution in [1.82, 2.24) is 25.8 Å². The largest absolute Gasteiger partial charge is 0.493 e. The van der Waals surface area contributed by atoms with Gasteiger partial charge in [0.25, 0.3) is 11.8 Å². The van der Waals surface area contributed by atoms with Gasteiger partial charge < -0.3 is 63.6 Å². The van der Waals surface area contributed by atoms with Crippen LogP contribution in [0.2, 0.25) is 0 Å². The molecular weight excluding hydrogens is 1040 g/mol. The van der Waals surface area contributed by atoms with Crippen LogP contribution in [-0.4, -0.2) is 138 Å². The summed E-state index contributed by atoms with van der Waals surface area (Å²) in [6, 6.07) is 13.5. The topological polar surface area (TPSA) is 219 Å². The van der Waals surface area contributed by atoms with Crippen LogP contribution in [0.3, 0.4) is 0 Å². The number of unbranched alkanes of at least 4 members (excludes halogenated alkanes) is 5. The molecule has 0 saturated carbocycles. The van der Waals surface area contributed by atoms with Crippen molar-refractivity contribution in [2.75, 3.05) is 68.4 Å². The molecule has 3 N–H and O–H groups in total. The Morgan fingerprint density at radius 2 is 1.47 bits per heavy atom. The van der Waals surface area contributed by atoms with Crippen LogP contribution in [0.15, 0.2) is 84.6 Å². The Kier molecular flexibility index (Phi) is 22.9.